The van der Waals surface area contributed by atoms with E-state index in [0.717, 1.165) is 37.2 Å². The summed E-state index contributed by atoms with van der Waals surface area (Å²) in [5.41, 5.74) is 4.74. The van der Waals surface area contributed by atoms with Gasteiger partial charge in [0.05, 0.1) is 5.60 Å². The van der Waals surface area contributed by atoms with E-state index in [2.05, 4.69) is 0 Å². The minimum absolute atomic E-state index is 0.355. The molecule has 1 aromatic rings. The van der Waals surface area contributed by atoms with Crippen LogP contribution >= 0.6 is 0 Å². The van der Waals surface area contributed by atoms with Gasteiger partial charge in [0.2, 0.25) is 0 Å². The maximum absolute atomic E-state index is 10.4. The lowest BCUT2D eigenvalue weighted by Gasteiger charge is -2.31. The molecule has 2 rings (SSSR count). The van der Waals surface area contributed by atoms with Gasteiger partial charge in [0.15, 0.2) is 0 Å². The fraction of sp³-hybridized carbons (Fsp3) is 0.600. The molecular weight excluding hydrogens is 242 g/mol. The van der Waals surface area contributed by atoms with E-state index >= 15 is 0 Å². The van der Waals surface area contributed by atoms with Gasteiger partial charge in [-0.15, -0.1) is 0 Å². The van der Waals surface area contributed by atoms with Crippen LogP contribution in [-0.2, 0) is 0 Å². The first-order chi connectivity index (χ1) is 9.22. The van der Waals surface area contributed by atoms with Crippen molar-refractivity contribution < 1.29 is 14.6 Å². The Balaban J connectivity index is 1.88. The SMILES string of the molecule is NCCOc1cccc(OCC2(O)CCCCC2)c1. The molecule has 3 N–H and O–H groups in total. The number of aliphatic hydroxyl groups is 1. The number of hydrogen-bond acceptors (Lipinski definition) is 4. The Morgan fingerprint density at radius 3 is 2.47 bits per heavy atom. The highest BCUT2D eigenvalue weighted by molar-refractivity contribution is 5.33. The van der Waals surface area contributed by atoms with Crippen LogP contribution in [0.2, 0.25) is 0 Å². The average molecular weight is 265 g/mol. The van der Waals surface area contributed by atoms with Gasteiger partial charge in [-0.25, -0.2) is 0 Å². The highest BCUT2D eigenvalue weighted by Gasteiger charge is 2.29. The van der Waals surface area contributed by atoms with Gasteiger partial charge < -0.3 is 20.3 Å². The molecule has 4 nitrogen and oxygen atoms in total. The summed E-state index contributed by atoms with van der Waals surface area (Å²) in [6.45, 7) is 1.34. The number of hydrogen-bond donors (Lipinski definition) is 2. The summed E-state index contributed by atoms with van der Waals surface area (Å²) in [6, 6.07) is 7.47. The van der Waals surface area contributed by atoms with E-state index in [4.69, 9.17) is 15.2 Å². The van der Waals surface area contributed by atoms with Gasteiger partial charge in [0, 0.05) is 12.6 Å². The maximum atomic E-state index is 10.4. The lowest BCUT2D eigenvalue weighted by atomic mass is 9.85. The van der Waals surface area contributed by atoms with Crippen molar-refractivity contribution in [2.24, 2.45) is 5.73 Å². The molecular formula is C15H23NO3. The highest BCUT2D eigenvalue weighted by Crippen LogP contribution is 2.29. The Hall–Kier alpha value is -1.26. The number of rotatable bonds is 6. The van der Waals surface area contributed by atoms with E-state index in [9.17, 15) is 5.11 Å². The van der Waals surface area contributed by atoms with Crippen molar-refractivity contribution in [3.05, 3.63) is 24.3 Å². The Morgan fingerprint density at radius 1 is 1.11 bits per heavy atom. The van der Waals surface area contributed by atoms with Crippen molar-refractivity contribution in [3.8, 4) is 11.5 Å². The maximum Gasteiger partial charge on any atom is 0.123 e. The first-order valence-corrected chi connectivity index (χ1v) is 7.00. The number of nitrogens with two attached hydrogens (primary N) is 1. The molecule has 0 atom stereocenters. The second-order valence-corrected chi connectivity index (χ2v) is 5.19. The topological polar surface area (TPSA) is 64.7 Å². The minimum atomic E-state index is -0.660. The van der Waals surface area contributed by atoms with Gasteiger partial charge in [-0.3, -0.25) is 0 Å². The van der Waals surface area contributed by atoms with E-state index in [1.807, 2.05) is 24.3 Å². The van der Waals surface area contributed by atoms with Crippen LogP contribution in [0, 0.1) is 0 Å². The third-order valence-corrected chi connectivity index (χ3v) is 3.48. The predicted octanol–water partition coefficient (Wildman–Crippen LogP) is 2.10. The highest BCUT2D eigenvalue weighted by atomic mass is 16.5. The first kappa shape index (κ1) is 14.2. The molecule has 0 aliphatic heterocycles. The molecule has 4 heteroatoms. The zero-order valence-electron chi connectivity index (χ0n) is 11.3. The Kier molecular flexibility index (Phi) is 5.05. The van der Waals surface area contributed by atoms with Crippen LogP contribution in [0.15, 0.2) is 24.3 Å². The molecule has 1 aliphatic carbocycles. The van der Waals surface area contributed by atoms with Gasteiger partial charge in [0.1, 0.15) is 24.7 Å². The Labute approximate surface area is 114 Å². The van der Waals surface area contributed by atoms with Crippen molar-refractivity contribution in [2.45, 2.75) is 37.7 Å². The molecule has 1 aliphatic rings. The molecule has 0 unspecified atom stereocenters. The standard InChI is InChI=1S/C15H23NO3/c16-9-10-18-13-5-4-6-14(11-13)19-12-15(17)7-2-1-3-8-15/h4-6,11,17H,1-3,7-10,12,16H2. The lowest BCUT2D eigenvalue weighted by Crippen LogP contribution is -2.37. The molecule has 0 saturated heterocycles. The molecule has 0 radical (unpaired) electrons. The van der Waals surface area contributed by atoms with Crippen LogP contribution in [-0.4, -0.2) is 30.5 Å². The van der Waals surface area contributed by atoms with Gasteiger partial charge >= 0.3 is 0 Å². The van der Waals surface area contributed by atoms with Crippen LogP contribution < -0.4 is 15.2 Å². The van der Waals surface area contributed by atoms with E-state index in [0.29, 0.717) is 19.8 Å². The largest absolute Gasteiger partial charge is 0.492 e. The van der Waals surface area contributed by atoms with Crippen LogP contribution in [0.1, 0.15) is 32.1 Å². The van der Waals surface area contributed by atoms with Crippen LogP contribution in [0.3, 0.4) is 0 Å². The Bertz CT molecular complexity index is 389. The van der Waals surface area contributed by atoms with E-state index in [-0.39, 0.29) is 0 Å². The summed E-state index contributed by atoms with van der Waals surface area (Å²) in [4.78, 5) is 0. The summed E-state index contributed by atoms with van der Waals surface area (Å²) in [5.74, 6) is 1.48. The van der Waals surface area contributed by atoms with E-state index in [1.54, 1.807) is 0 Å². The van der Waals surface area contributed by atoms with Gasteiger partial charge in [-0.2, -0.15) is 0 Å². The average Bonchev–Trinajstić information content (AvgIpc) is 2.44. The molecule has 0 spiro atoms. The fourth-order valence-corrected chi connectivity index (χ4v) is 2.40. The fourth-order valence-electron chi connectivity index (χ4n) is 2.40. The van der Waals surface area contributed by atoms with Crippen molar-refractivity contribution in [1.82, 2.24) is 0 Å². The molecule has 0 bridgehead atoms. The Morgan fingerprint density at radius 2 is 1.79 bits per heavy atom. The van der Waals surface area contributed by atoms with Crippen LogP contribution in [0.25, 0.3) is 0 Å². The zero-order valence-corrected chi connectivity index (χ0v) is 11.3. The second-order valence-electron chi connectivity index (χ2n) is 5.19. The molecule has 19 heavy (non-hydrogen) atoms. The van der Waals surface area contributed by atoms with Gasteiger partial charge in [-0.1, -0.05) is 25.3 Å². The van der Waals surface area contributed by atoms with Crippen molar-refractivity contribution in [2.75, 3.05) is 19.8 Å². The predicted molar refractivity (Wildman–Crippen MR) is 74.5 cm³/mol. The lowest BCUT2D eigenvalue weighted by molar-refractivity contribution is -0.0339. The normalized spacial score (nSPS) is 18.0. The third-order valence-electron chi connectivity index (χ3n) is 3.48. The second kappa shape index (κ2) is 6.78. The molecule has 1 saturated carbocycles. The van der Waals surface area contributed by atoms with Crippen LogP contribution in [0.5, 0.6) is 11.5 Å². The number of ether oxygens (including phenoxy) is 2. The third kappa shape index (κ3) is 4.40. The summed E-state index contributed by atoms with van der Waals surface area (Å²) < 4.78 is 11.2. The summed E-state index contributed by atoms with van der Waals surface area (Å²) in [6.07, 6.45) is 5.04. The minimum Gasteiger partial charge on any atom is -0.492 e. The summed E-state index contributed by atoms with van der Waals surface area (Å²) in [7, 11) is 0. The molecule has 1 fully saturated rings. The van der Waals surface area contributed by atoms with Crippen LogP contribution in [0.4, 0.5) is 0 Å². The van der Waals surface area contributed by atoms with Crippen molar-refractivity contribution in [3.63, 3.8) is 0 Å². The summed E-state index contributed by atoms with van der Waals surface area (Å²) >= 11 is 0. The van der Waals surface area contributed by atoms with Gasteiger partial charge in [-0.05, 0) is 25.0 Å². The van der Waals surface area contributed by atoms with Crippen molar-refractivity contribution >= 4 is 0 Å². The van der Waals surface area contributed by atoms with E-state index in [1.165, 1.54) is 6.42 Å². The molecule has 0 aromatic heterocycles. The molecule has 1 aromatic carbocycles. The molecule has 0 amide bonds. The smallest absolute Gasteiger partial charge is 0.123 e. The van der Waals surface area contributed by atoms with E-state index < -0.39 is 5.60 Å². The quantitative estimate of drug-likeness (QED) is 0.826. The number of benzene rings is 1. The van der Waals surface area contributed by atoms with Crippen molar-refractivity contribution in [1.29, 1.82) is 0 Å². The van der Waals surface area contributed by atoms with Gasteiger partial charge in [0.25, 0.3) is 0 Å². The molecule has 0 heterocycles. The first-order valence-electron chi connectivity index (χ1n) is 7.00. The monoisotopic (exact) mass is 265 g/mol. The summed E-state index contributed by atoms with van der Waals surface area (Å²) in [5, 5.41) is 10.4. The molecule has 106 valence electrons. The zero-order chi connectivity index (χ0) is 13.6.